The van der Waals surface area contributed by atoms with E-state index in [0.29, 0.717) is 16.1 Å². The van der Waals surface area contributed by atoms with Crippen LogP contribution < -0.4 is 10.6 Å². The highest BCUT2D eigenvalue weighted by Gasteiger charge is 2.29. The zero-order valence-corrected chi connectivity index (χ0v) is 20.2. The zero-order chi connectivity index (χ0) is 27.0. The molecule has 4 aromatic heterocycles. The summed E-state index contributed by atoms with van der Waals surface area (Å²) in [5.74, 6) is -1.59. The molecule has 16 heteroatoms. The minimum Gasteiger partial charge on any atom is -0.454 e. The molecule has 2 amide bonds. The number of halogens is 5. The Balaban J connectivity index is 1.51. The number of alkyl halides is 4. The Morgan fingerprint density at radius 1 is 1.00 bits per heavy atom. The van der Waals surface area contributed by atoms with Crippen molar-refractivity contribution in [2.24, 2.45) is 14.1 Å². The number of carbonyl (C=O) groups excluding carboxylic acids is 2. The first kappa shape index (κ1) is 25.9. The van der Waals surface area contributed by atoms with Crippen LogP contribution in [0.3, 0.4) is 0 Å². The highest BCUT2D eigenvalue weighted by Crippen LogP contribution is 2.35. The van der Waals surface area contributed by atoms with Crippen molar-refractivity contribution in [1.29, 1.82) is 0 Å². The minimum atomic E-state index is -3.17. The number of rotatable bonds is 8. The number of nitrogens with one attached hydrogen (secondary N) is 2. The van der Waals surface area contributed by atoms with Crippen LogP contribution in [0.4, 0.5) is 28.9 Å². The van der Waals surface area contributed by atoms with Gasteiger partial charge in [0.25, 0.3) is 24.7 Å². The average molecular weight is 543 g/mol. The lowest BCUT2D eigenvalue weighted by Crippen LogP contribution is -2.20. The third-order valence-corrected chi connectivity index (χ3v) is 5.83. The van der Waals surface area contributed by atoms with Crippen molar-refractivity contribution in [2.75, 3.05) is 10.6 Å². The number of aryl methyl sites for hydroxylation is 2. The van der Waals surface area contributed by atoms with Crippen molar-refractivity contribution in [3.63, 3.8) is 0 Å². The van der Waals surface area contributed by atoms with Gasteiger partial charge in [0.15, 0.2) is 5.76 Å². The van der Waals surface area contributed by atoms with E-state index in [0.717, 1.165) is 0 Å². The zero-order valence-electron chi connectivity index (χ0n) is 19.5. The van der Waals surface area contributed by atoms with Gasteiger partial charge in [0.05, 0.1) is 41.0 Å². The molecule has 0 unspecified atom stereocenters. The predicted octanol–water partition coefficient (Wildman–Crippen LogP) is 4.33. The molecule has 0 aliphatic heterocycles. The molecule has 0 aliphatic rings. The van der Waals surface area contributed by atoms with Crippen LogP contribution in [0.1, 0.15) is 56.7 Å². The molecule has 11 nitrogen and oxygen atoms in total. The molecule has 0 aliphatic carbocycles. The molecule has 0 spiro atoms. The highest BCUT2D eigenvalue weighted by atomic mass is 35.5. The summed E-state index contributed by atoms with van der Waals surface area (Å²) in [6.45, 7) is 1.28. The summed E-state index contributed by atoms with van der Waals surface area (Å²) < 4.78 is 61.7. The maximum Gasteiger partial charge on any atom is 0.291 e. The molecule has 0 saturated heterocycles. The normalized spacial score (nSPS) is 11.5. The number of furan rings is 1. The molecule has 196 valence electrons. The van der Waals surface area contributed by atoms with Crippen LogP contribution in [0.5, 0.6) is 0 Å². The predicted molar refractivity (Wildman–Crippen MR) is 122 cm³/mol. The fourth-order valence-electron chi connectivity index (χ4n) is 3.46. The average Bonchev–Trinajstić information content (AvgIpc) is 3.58. The molecule has 0 aromatic carbocycles. The number of nitrogens with zero attached hydrogens (tertiary/aromatic N) is 6. The molecule has 4 aromatic rings. The molecular formula is C21H19ClF4N8O3. The molecule has 0 saturated carbocycles. The van der Waals surface area contributed by atoms with Gasteiger partial charge < -0.3 is 15.1 Å². The quantitative estimate of drug-likeness (QED) is 0.319. The van der Waals surface area contributed by atoms with Crippen molar-refractivity contribution in [2.45, 2.75) is 26.3 Å². The van der Waals surface area contributed by atoms with Gasteiger partial charge in [-0.3, -0.25) is 23.6 Å². The molecule has 4 rings (SSSR count). The Morgan fingerprint density at radius 3 is 2.27 bits per heavy atom. The van der Waals surface area contributed by atoms with E-state index in [1.807, 2.05) is 0 Å². The number of anilines is 2. The van der Waals surface area contributed by atoms with E-state index < -0.39 is 47.6 Å². The van der Waals surface area contributed by atoms with E-state index in [9.17, 15) is 27.2 Å². The van der Waals surface area contributed by atoms with E-state index in [2.05, 4.69) is 25.9 Å². The van der Waals surface area contributed by atoms with Gasteiger partial charge in [-0.05, 0) is 19.1 Å². The molecule has 4 heterocycles. The second-order valence-electron chi connectivity index (χ2n) is 7.82. The Labute approximate surface area is 211 Å². The van der Waals surface area contributed by atoms with Crippen LogP contribution in [0.2, 0.25) is 5.02 Å². The largest absolute Gasteiger partial charge is 0.454 e. The summed E-state index contributed by atoms with van der Waals surface area (Å²) in [6.07, 6.45) is -3.59. The number of carbonyl (C=O) groups is 2. The van der Waals surface area contributed by atoms with E-state index in [1.54, 1.807) is 18.7 Å². The van der Waals surface area contributed by atoms with Crippen LogP contribution >= 0.6 is 11.6 Å². The maximum absolute atomic E-state index is 13.4. The van der Waals surface area contributed by atoms with Gasteiger partial charge in [-0.15, -0.1) is 0 Å². The first-order chi connectivity index (χ1) is 17.5. The third kappa shape index (κ3) is 5.07. The fraction of sp³-hybridized carbons (Fsp3) is 0.286. The van der Waals surface area contributed by atoms with Gasteiger partial charge in [-0.25, -0.2) is 17.6 Å². The van der Waals surface area contributed by atoms with Gasteiger partial charge >= 0.3 is 0 Å². The van der Waals surface area contributed by atoms with Crippen LogP contribution in [0.15, 0.2) is 28.9 Å². The Hall–Kier alpha value is -4.14. The molecule has 37 heavy (non-hydrogen) atoms. The number of hydrogen-bond acceptors (Lipinski definition) is 6. The maximum atomic E-state index is 13.4. The second kappa shape index (κ2) is 10.1. The Morgan fingerprint density at radius 2 is 1.65 bits per heavy atom. The highest BCUT2D eigenvalue weighted by molar-refractivity contribution is 6.32. The van der Waals surface area contributed by atoms with E-state index in [4.69, 9.17) is 16.0 Å². The lowest BCUT2D eigenvalue weighted by Gasteiger charge is -2.08. The molecule has 2 N–H and O–H groups in total. The third-order valence-electron chi connectivity index (χ3n) is 5.45. The minimum absolute atomic E-state index is 0.0248. The molecule has 0 atom stereocenters. The standard InChI is InChI=1S/C21H19ClF4N8O3/c1-9-11(6-27-32(9)2)29-21(36)16-12(7-28-33(16)3)30-20(35)13-5-4-10(37-13)8-34-17(19(25)26)14(22)15(31-34)18(23)24/h4-7,18-19H,8H2,1-3H3,(H,29,36)(H,30,35). The SMILES string of the molecule is Cc1c(NC(=O)c2c(NC(=O)c3ccc(Cn4nc(C(F)F)c(Cl)c4C(F)F)o3)cnn2C)cnn1C. The van der Waals surface area contributed by atoms with Crippen molar-refractivity contribution < 1.29 is 31.6 Å². The summed E-state index contributed by atoms with van der Waals surface area (Å²) in [5, 5.41) is 15.9. The fourth-order valence-corrected chi connectivity index (χ4v) is 3.76. The monoisotopic (exact) mass is 542 g/mol. The first-order valence-corrected chi connectivity index (χ1v) is 10.9. The number of amides is 2. The van der Waals surface area contributed by atoms with Gasteiger partial charge in [0, 0.05) is 14.1 Å². The molecule has 0 radical (unpaired) electrons. The van der Waals surface area contributed by atoms with Gasteiger partial charge in [-0.2, -0.15) is 15.3 Å². The van der Waals surface area contributed by atoms with E-state index in [-0.39, 0.29) is 22.9 Å². The van der Waals surface area contributed by atoms with Crippen molar-refractivity contribution in [3.05, 3.63) is 63.8 Å². The number of aromatic nitrogens is 6. The van der Waals surface area contributed by atoms with E-state index in [1.165, 1.54) is 36.3 Å². The van der Waals surface area contributed by atoms with Crippen molar-refractivity contribution >= 4 is 34.8 Å². The lowest BCUT2D eigenvalue weighted by atomic mass is 10.3. The first-order valence-electron chi connectivity index (χ1n) is 10.5. The summed E-state index contributed by atoms with van der Waals surface area (Å²) in [4.78, 5) is 25.6. The number of hydrogen-bond donors (Lipinski definition) is 2. The summed E-state index contributed by atoms with van der Waals surface area (Å²) >= 11 is 5.65. The Bertz CT molecular complexity index is 1470. The lowest BCUT2D eigenvalue weighted by molar-refractivity contribution is 0.0994. The summed E-state index contributed by atoms with van der Waals surface area (Å²) in [6, 6.07) is 2.55. The molecule has 0 fully saturated rings. The van der Waals surface area contributed by atoms with Crippen molar-refractivity contribution in [1.82, 2.24) is 29.3 Å². The van der Waals surface area contributed by atoms with Gasteiger partial charge in [-0.1, -0.05) is 11.6 Å². The second-order valence-corrected chi connectivity index (χ2v) is 8.19. The topological polar surface area (TPSA) is 125 Å². The Kier molecular flexibility index (Phi) is 7.07. The smallest absolute Gasteiger partial charge is 0.291 e. The van der Waals surface area contributed by atoms with E-state index >= 15 is 0 Å². The van der Waals surface area contributed by atoms with Gasteiger partial charge in [0.1, 0.15) is 22.8 Å². The van der Waals surface area contributed by atoms with Crippen molar-refractivity contribution in [3.8, 4) is 0 Å². The molecular weight excluding hydrogens is 524 g/mol. The van der Waals surface area contributed by atoms with Crippen LogP contribution in [0.25, 0.3) is 0 Å². The van der Waals surface area contributed by atoms with Crippen LogP contribution in [-0.4, -0.2) is 41.2 Å². The molecule has 0 bridgehead atoms. The van der Waals surface area contributed by atoms with Crippen LogP contribution in [0, 0.1) is 6.92 Å². The van der Waals surface area contributed by atoms with Crippen LogP contribution in [-0.2, 0) is 20.6 Å². The van der Waals surface area contributed by atoms with Gasteiger partial charge in [0.2, 0.25) is 0 Å². The summed E-state index contributed by atoms with van der Waals surface area (Å²) in [5.41, 5.74) is -0.586. The summed E-state index contributed by atoms with van der Waals surface area (Å²) in [7, 11) is 3.22.